The molecule has 0 saturated carbocycles. The number of hydrogen-bond acceptors (Lipinski definition) is 6. The Hall–Kier alpha value is -3.71. The highest BCUT2D eigenvalue weighted by molar-refractivity contribution is 5.81. The molecular weight excluding hydrogens is 454 g/mol. The molecule has 0 N–H and O–H groups in total. The average Bonchev–Trinajstić information content (AvgIpc) is 3.28. The fourth-order valence-corrected chi connectivity index (χ4v) is 4.69. The first-order valence-electron chi connectivity index (χ1n) is 12.0. The molecule has 0 fully saturated rings. The molecule has 0 spiro atoms. The lowest BCUT2D eigenvalue weighted by Gasteiger charge is -2.26. The number of rotatable bonds is 9. The van der Waals surface area contributed by atoms with Gasteiger partial charge in [0.05, 0.1) is 38.9 Å². The van der Waals surface area contributed by atoms with E-state index in [0.29, 0.717) is 13.2 Å². The van der Waals surface area contributed by atoms with E-state index in [2.05, 4.69) is 41.5 Å². The summed E-state index contributed by atoms with van der Waals surface area (Å²) in [7, 11) is 4.96. The number of methoxy groups -OCH3 is 2. The smallest absolute Gasteiger partial charge is 0.309 e. The fourth-order valence-electron chi connectivity index (χ4n) is 4.69. The van der Waals surface area contributed by atoms with Gasteiger partial charge < -0.3 is 14.2 Å². The van der Waals surface area contributed by atoms with E-state index in [1.54, 1.807) is 11.8 Å². The maximum Gasteiger partial charge on any atom is 0.309 e. The van der Waals surface area contributed by atoms with Gasteiger partial charge in [-0.15, -0.1) is 5.10 Å². The van der Waals surface area contributed by atoms with Crippen LogP contribution in [0.15, 0.2) is 54.6 Å². The number of benzene rings is 3. The lowest BCUT2D eigenvalue weighted by molar-refractivity contribution is -0.145. The third-order valence-electron chi connectivity index (χ3n) is 6.90. The Balaban J connectivity index is 1.65. The van der Waals surface area contributed by atoms with Crippen molar-refractivity contribution in [3.05, 3.63) is 88.0 Å². The molecular formula is C29H33N3O4. The van der Waals surface area contributed by atoms with Crippen LogP contribution in [0.5, 0.6) is 5.75 Å². The second-order valence-electron chi connectivity index (χ2n) is 9.18. The van der Waals surface area contributed by atoms with Crippen LogP contribution in [0.2, 0.25) is 0 Å². The predicted octanol–water partition coefficient (Wildman–Crippen LogP) is 5.25. The summed E-state index contributed by atoms with van der Waals surface area (Å²) in [5, 5.41) is 8.53. The lowest BCUT2D eigenvalue weighted by atomic mass is 9.79. The Labute approximate surface area is 212 Å². The summed E-state index contributed by atoms with van der Waals surface area (Å²) in [5.74, 6) is -0.0251. The van der Waals surface area contributed by atoms with E-state index in [4.69, 9.17) is 14.2 Å². The predicted molar refractivity (Wildman–Crippen MR) is 139 cm³/mol. The van der Waals surface area contributed by atoms with E-state index in [-0.39, 0.29) is 11.9 Å². The van der Waals surface area contributed by atoms with Crippen molar-refractivity contribution in [2.24, 2.45) is 13.0 Å². The molecule has 1 aromatic heterocycles. The van der Waals surface area contributed by atoms with Gasteiger partial charge in [0.15, 0.2) is 0 Å². The van der Waals surface area contributed by atoms with Crippen LogP contribution < -0.4 is 4.74 Å². The molecule has 3 aromatic carbocycles. The van der Waals surface area contributed by atoms with Crippen LogP contribution in [-0.2, 0) is 34.5 Å². The van der Waals surface area contributed by atoms with Gasteiger partial charge in [-0.2, -0.15) is 0 Å². The highest BCUT2D eigenvalue weighted by atomic mass is 16.5. The molecule has 2 atom stereocenters. The molecule has 7 nitrogen and oxygen atoms in total. The number of carbonyl (C=O) groups is 1. The van der Waals surface area contributed by atoms with Gasteiger partial charge in [0.2, 0.25) is 0 Å². The molecule has 1 heterocycles. The maximum absolute atomic E-state index is 12.7. The van der Waals surface area contributed by atoms with Gasteiger partial charge in [-0.05, 0) is 65.4 Å². The van der Waals surface area contributed by atoms with Crippen molar-refractivity contribution in [2.75, 3.05) is 14.2 Å². The third-order valence-corrected chi connectivity index (χ3v) is 6.90. The Bertz CT molecular complexity index is 1360. The quantitative estimate of drug-likeness (QED) is 0.300. The second kappa shape index (κ2) is 10.9. The number of carbonyl (C=O) groups excluding carboxylic acids is 1. The highest BCUT2D eigenvalue weighted by Crippen LogP contribution is 2.37. The summed E-state index contributed by atoms with van der Waals surface area (Å²) in [6.45, 7) is 6.99. The van der Waals surface area contributed by atoms with Crippen molar-refractivity contribution in [2.45, 2.75) is 39.9 Å². The van der Waals surface area contributed by atoms with Gasteiger partial charge in [-0.25, -0.2) is 4.68 Å². The Morgan fingerprint density at radius 3 is 2.44 bits per heavy atom. The molecule has 4 aromatic rings. The van der Waals surface area contributed by atoms with E-state index in [0.717, 1.165) is 50.2 Å². The lowest BCUT2D eigenvalue weighted by Crippen LogP contribution is -2.23. The first-order valence-corrected chi connectivity index (χ1v) is 12.0. The van der Waals surface area contributed by atoms with Crippen molar-refractivity contribution >= 4 is 17.0 Å². The normalized spacial score (nSPS) is 12.9. The van der Waals surface area contributed by atoms with Crippen LogP contribution >= 0.6 is 0 Å². The summed E-state index contributed by atoms with van der Waals surface area (Å²) >= 11 is 0. The standard InChI is InChI=1S/C29H33N3O4/c1-18-7-10-22(15-23(18)17-36-16-21-8-11-24(34-5)12-9-21)27(20(3)29(33)35-6)25-13-14-26-28(19(25)2)30-31-32(26)4/h7-15,20,27H,16-17H2,1-6H3/t20-,27-/m1/s1. The number of ether oxygens (including phenoxy) is 3. The number of hydrogen-bond donors (Lipinski definition) is 0. The second-order valence-corrected chi connectivity index (χ2v) is 9.18. The van der Waals surface area contributed by atoms with E-state index >= 15 is 0 Å². The van der Waals surface area contributed by atoms with Crippen LogP contribution in [0.1, 0.15) is 46.2 Å². The number of aryl methyl sites for hydroxylation is 3. The van der Waals surface area contributed by atoms with Gasteiger partial charge in [0.1, 0.15) is 11.3 Å². The van der Waals surface area contributed by atoms with E-state index in [9.17, 15) is 4.79 Å². The zero-order chi connectivity index (χ0) is 25.8. The first-order chi connectivity index (χ1) is 17.3. The zero-order valence-corrected chi connectivity index (χ0v) is 21.7. The average molecular weight is 488 g/mol. The number of aromatic nitrogens is 3. The fraction of sp³-hybridized carbons (Fsp3) is 0.345. The minimum Gasteiger partial charge on any atom is -0.497 e. The topological polar surface area (TPSA) is 75.5 Å². The Morgan fingerprint density at radius 2 is 1.75 bits per heavy atom. The van der Waals surface area contributed by atoms with Crippen molar-refractivity contribution in [1.29, 1.82) is 0 Å². The van der Waals surface area contributed by atoms with Gasteiger partial charge in [-0.1, -0.05) is 48.5 Å². The summed E-state index contributed by atoms with van der Waals surface area (Å²) in [6.07, 6.45) is 0. The molecule has 4 rings (SSSR count). The number of nitrogens with zero attached hydrogens (tertiary/aromatic N) is 3. The van der Waals surface area contributed by atoms with Gasteiger partial charge >= 0.3 is 5.97 Å². The molecule has 36 heavy (non-hydrogen) atoms. The van der Waals surface area contributed by atoms with Crippen LogP contribution in [0.4, 0.5) is 0 Å². The molecule has 0 bridgehead atoms. The van der Waals surface area contributed by atoms with Crippen LogP contribution in [0.25, 0.3) is 11.0 Å². The van der Waals surface area contributed by atoms with Gasteiger partial charge in [0, 0.05) is 13.0 Å². The van der Waals surface area contributed by atoms with E-state index in [1.165, 1.54) is 7.11 Å². The van der Waals surface area contributed by atoms with Crippen LogP contribution in [0.3, 0.4) is 0 Å². The van der Waals surface area contributed by atoms with Crippen molar-refractivity contribution in [3.63, 3.8) is 0 Å². The van der Waals surface area contributed by atoms with Crippen molar-refractivity contribution in [3.8, 4) is 5.75 Å². The summed E-state index contributed by atoms with van der Waals surface area (Å²) in [6, 6.07) is 18.3. The van der Waals surface area contributed by atoms with Crippen LogP contribution in [-0.4, -0.2) is 35.2 Å². The van der Waals surface area contributed by atoms with E-state index < -0.39 is 5.92 Å². The Kier molecular flexibility index (Phi) is 7.70. The largest absolute Gasteiger partial charge is 0.497 e. The Morgan fingerprint density at radius 1 is 1.00 bits per heavy atom. The number of fused-ring (bicyclic) bond motifs is 1. The molecule has 0 radical (unpaired) electrons. The minimum atomic E-state index is -0.390. The van der Waals surface area contributed by atoms with Crippen LogP contribution in [0, 0.1) is 19.8 Å². The minimum absolute atomic E-state index is 0.204. The monoisotopic (exact) mass is 487 g/mol. The zero-order valence-electron chi connectivity index (χ0n) is 21.7. The van der Waals surface area contributed by atoms with Crippen molar-refractivity contribution in [1.82, 2.24) is 15.0 Å². The van der Waals surface area contributed by atoms with Crippen molar-refractivity contribution < 1.29 is 19.0 Å². The SMILES string of the molecule is COC(=O)[C@H](C)[C@H](c1ccc(C)c(COCc2ccc(OC)cc2)c1)c1ccc2c(nnn2C)c1C. The first kappa shape index (κ1) is 25.4. The summed E-state index contributed by atoms with van der Waals surface area (Å²) in [4.78, 5) is 12.7. The molecule has 0 aliphatic carbocycles. The molecule has 0 aliphatic rings. The third kappa shape index (κ3) is 5.11. The van der Waals surface area contributed by atoms with Gasteiger partial charge in [-0.3, -0.25) is 4.79 Å². The van der Waals surface area contributed by atoms with E-state index in [1.807, 2.05) is 51.2 Å². The molecule has 7 heteroatoms. The summed E-state index contributed by atoms with van der Waals surface area (Å²) in [5.41, 5.74) is 8.18. The molecule has 0 amide bonds. The maximum atomic E-state index is 12.7. The van der Waals surface area contributed by atoms with Gasteiger partial charge in [0.25, 0.3) is 0 Å². The molecule has 0 aliphatic heterocycles. The highest BCUT2D eigenvalue weighted by Gasteiger charge is 2.30. The number of esters is 1. The molecule has 0 saturated heterocycles. The molecule has 188 valence electrons. The molecule has 0 unspecified atom stereocenters. The summed E-state index contributed by atoms with van der Waals surface area (Å²) < 4.78 is 18.2.